The summed E-state index contributed by atoms with van der Waals surface area (Å²) in [6, 6.07) is 0. The van der Waals surface area contributed by atoms with Crippen LogP contribution in [0.1, 0.15) is 47.0 Å². The summed E-state index contributed by atoms with van der Waals surface area (Å²) in [5.41, 5.74) is -0.0602. The Labute approximate surface area is 121 Å². The SMILES string of the molecule is CCOC(=O)c1nc(C(=O)NCC2(C)CCCO2)cs1. The second-order valence-electron chi connectivity index (χ2n) is 4.84. The Morgan fingerprint density at radius 2 is 2.40 bits per heavy atom. The van der Waals surface area contributed by atoms with Gasteiger partial charge in [-0.05, 0) is 26.7 Å². The molecule has 6 nitrogen and oxygen atoms in total. The molecule has 2 rings (SSSR count). The average Bonchev–Trinajstić information content (AvgIpc) is 3.06. The lowest BCUT2D eigenvalue weighted by atomic mass is 10.0. The number of hydrogen-bond donors (Lipinski definition) is 1. The van der Waals surface area contributed by atoms with E-state index in [1.54, 1.807) is 12.3 Å². The summed E-state index contributed by atoms with van der Waals surface area (Å²) in [5, 5.41) is 4.54. The minimum Gasteiger partial charge on any atom is -0.461 e. The van der Waals surface area contributed by atoms with Crippen molar-refractivity contribution < 1.29 is 19.1 Å². The number of carbonyl (C=O) groups is 2. The zero-order valence-corrected chi connectivity index (χ0v) is 12.4. The van der Waals surface area contributed by atoms with Gasteiger partial charge in [0.2, 0.25) is 5.01 Å². The Balaban J connectivity index is 1.91. The minimum atomic E-state index is -0.498. The van der Waals surface area contributed by atoms with E-state index in [2.05, 4.69) is 10.3 Å². The van der Waals surface area contributed by atoms with Gasteiger partial charge in [0, 0.05) is 18.5 Å². The summed E-state index contributed by atoms with van der Waals surface area (Å²) in [4.78, 5) is 27.4. The smallest absolute Gasteiger partial charge is 0.367 e. The van der Waals surface area contributed by atoms with Crippen LogP contribution in [-0.2, 0) is 9.47 Å². The summed E-state index contributed by atoms with van der Waals surface area (Å²) in [6.07, 6.45) is 1.94. The second kappa shape index (κ2) is 6.32. The quantitative estimate of drug-likeness (QED) is 0.836. The molecule has 1 N–H and O–H groups in total. The number of hydrogen-bond acceptors (Lipinski definition) is 6. The molecule has 0 aromatic carbocycles. The number of rotatable bonds is 5. The van der Waals surface area contributed by atoms with E-state index in [0.29, 0.717) is 6.54 Å². The molecule has 1 aromatic heterocycles. The van der Waals surface area contributed by atoms with Crippen molar-refractivity contribution in [3.8, 4) is 0 Å². The molecule has 1 saturated heterocycles. The molecule has 20 heavy (non-hydrogen) atoms. The van der Waals surface area contributed by atoms with Gasteiger partial charge in [0.15, 0.2) is 0 Å². The van der Waals surface area contributed by atoms with Gasteiger partial charge in [0.1, 0.15) is 5.69 Å². The molecule has 0 spiro atoms. The largest absolute Gasteiger partial charge is 0.461 e. The molecule has 1 aliphatic rings. The van der Waals surface area contributed by atoms with Crippen LogP contribution in [0.2, 0.25) is 0 Å². The van der Waals surface area contributed by atoms with Gasteiger partial charge in [-0.2, -0.15) is 0 Å². The normalized spacial score (nSPS) is 21.7. The van der Waals surface area contributed by atoms with Crippen LogP contribution in [-0.4, -0.2) is 42.2 Å². The number of amides is 1. The zero-order valence-electron chi connectivity index (χ0n) is 11.6. The molecular formula is C13H18N2O4S. The molecule has 0 aliphatic carbocycles. The fourth-order valence-corrected chi connectivity index (χ4v) is 2.69. The summed E-state index contributed by atoms with van der Waals surface area (Å²) in [5.74, 6) is -0.795. The van der Waals surface area contributed by atoms with Crippen LogP contribution in [0.4, 0.5) is 0 Å². The Morgan fingerprint density at radius 1 is 1.60 bits per heavy atom. The third-order valence-corrected chi connectivity index (χ3v) is 3.93. The maximum Gasteiger partial charge on any atom is 0.367 e. The van der Waals surface area contributed by atoms with Crippen LogP contribution in [0.25, 0.3) is 0 Å². The number of carbonyl (C=O) groups excluding carboxylic acids is 2. The Kier molecular flexibility index (Phi) is 4.72. The fraction of sp³-hybridized carbons (Fsp3) is 0.615. The number of nitrogens with zero attached hydrogens (tertiary/aromatic N) is 1. The van der Waals surface area contributed by atoms with Crippen LogP contribution in [0.15, 0.2) is 5.38 Å². The van der Waals surface area contributed by atoms with Gasteiger partial charge >= 0.3 is 5.97 Å². The Hall–Kier alpha value is -1.47. The van der Waals surface area contributed by atoms with E-state index in [0.717, 1.165) is 30.8 Å². The summed E-state index contributed by atoms with van der Waals surface area (Å²) < 4.78 is 10.4. The van der Waals surface area contributed by atoms with Gasteiger partial charge < -0.3 is 14.8 Å². The average molecular weight is 298 g/mol. The molecule has 1 aromatic rings. The number of nitrogens with one attached hydrogen (secondary N) is 1. The summed E-state index contributed by atoms with van der Waals surface area (Å²) >= 11 is 1.11. The van der Waals surface area contributed by atoms with Gasteiger partial charge in [-0.3, -0.25) is 4.79 Å². The molecular weight excluding hydrogens is 280 g/mol. The van der Waals surface area contributed by atoms with Gasteiger partial charge in [-0.1, -0.05) is 0 Å². The summed E-state index contributed by atoms with van der Waals surface area (Å²) in [6.45, 7) is 5.16. The molecule has 1 aliphatic heterocycles. The van der Waals surface area contributed by atoms with Crippen molar-refractivity contribution in [3.63, 3.8) is 0 Å². The van der Waals surface area contributed by atoms with Gasteiger partial charge in [0.05, 0.1) is 12.2 Å². The van der Waals surface area contributed by atoms with Crippen molar-refractivity contribution in [2.24, 2.45) is 0 Å². The third-order valence-electron chi connectivity index (χ3n) is 3.11. The first-order chi connectivity index (χ1) is 9.54. The van der Waals surface area contributed by atoms with E-state index in [9.17, 15) is 9.59 Å². The van der Waals surface area contributed by atoms with Crippen molar-refractivity contribution >= 4 is 23.2 Å². The summed E-state index contributed by atoms with van der Waals surface area (Å²) in [7, 11) is 0. The molecule has 2 heterocycles. The molecule has 110 valence electrons. The Morgan fingerprint density at radius 3 is 3.05 bits per heavy atom. The monoisotopic (exact) mass is 298 g/mol. The second-order valence-corrected chi connectivity index (χ2v) is 5.70. The van der Waals surface area contributed by atoms with Crippen LogP contribution in [0, 0.1) is 0 Å². The lowest BCUT2D eigenvalue weighted by molar-refractivity contribution is 0.0205. The van der Waals surface area contributed by atoms with Crippen molar-refractivity contribution in [2.45, 2.75) is 32.3 Å². The highest BCUT2D eigenvalue weighted by Gasteiger charge is 2.30. The first kappa shape index (κ1) is 14.9. The van der Waals surface area contributed by atoms with E-state index in [1.165, 1.54) is 0 Å². The highest BCUT2D eigenvalue weighted by molar-refractivity contribution is 7.11. The molecule has 1 unspecified atom stereocenters. The highest BCUT2D eigenvalue weighted by Crippen LogP contribution is 2.24. The number of thiazole rings is 1. The van der Waals surface area contributed by atoms with Gasteiger partial charge in [-0.25, -0.2) is 9.78 Å². The number of ether oxygens (including phenoxy) is 2. The van der Waals surface area contributed by atoms with Gasteiger partial charge in [-0.15, -0.1) is 11.3 Å². The predicted octanol–water partition coefficient (Wildman–Crippen LogP) is 1.62. The van der Waals surface area contributed by atoms with E-state index < -0.39 is 5.97 Å². The van der Waals surface area contributed by atoms with E-state index in [-0.39, 0.29) is 28.8 Å². The minimum absolute atomic E-state index is 0.195. The van der Waals surface area contributed by atoms with Crippen LogP contribution in [0.5, 0.6) is 0 Å². The third kappa shape index (κ3) is 3.55. The lowest BCUT2D eigenvalue weighted by Crippen LogP contribution is -2.40. The number of aromatic nitrogens is 1. The maximum atomic E-state index is 12.0. The molecule has 0 radical (unpaired) electrons. The van der Waals surface area contributed by atoms with Crippen LogP contribution in [0.3, 0.4) is 0 Å². The molecule has 1 atom stereocenters. The standard InChI is InChI=1S/C13H18N2O4S/c1-3-18-12(17)11-15-9(7-20-11)10(16)14-8-13(2)5-4-6-19-13/h7H,3-6,8H2,1-2H3,(H,14,16). The molecule has 1 amide bonds. The molecule has 0 saturated carbocycles. The van der Waals surface area contributed by atoms with Crippen molar-refractivity contribution in [1.82, 2.24) is 10.3 Å². The predicted molar refractivity (Wildman–Crippen MR) is 74.0 cm³/mol. The maximum absolute atomic E-state index is 12.0. The fourth-order valence-electron chi connectivity index (χ4n) is 2.00. The van der Waals surface area contributed by atoms with Crippen molar-refractivity contribution in [2.75, 3.05) is 19.8 Å². The molecule has 1 fully saturated rings. The number of esters is 1. The highest BCUT2D eigenvalue weighted by atomic mass is 32.1. The van der Waals surface area contributed by atoms with E-state index in [4.69, 9.17) is 9.47 Å². The first-order valence-corrected chi connectivity index (χ1v) is 7.47. The Bertz CT molecular complexity index is 494. The van der Waals surface area contributed by atoms with Crippen LogP contribution < -0.4 is 5.32 Å². The van der Waals surface area contributed by atoms with Crippen molar-refractivity contribution in [3.05, 3.63) is 16.1 Å². The van der Waals surface area contributed by atoms with Crippen LogP contribution >= 0.6 is 11.3 Å². The van der Waals surface area contributed by atoms with E-state index in [1.807, 2.05) is 6.92 Å². The molecule has 7 heteroatoms. The lowest BCUT2D eigenvalue weighted by Gasteiger charge is -2.22. The van der Waals surface area contributed by atoms with Crippen molar-refractivity contribution in [1.29, 1.82) is 0 Å². The van der Waals surface area contributed by atoms with E-state index >= 15 is 0 Å². The molecule has 0 bridgehead atoms. The zero-order chi connectivity index (χ0) is 14.6. The first-order valence-electron chi connectivity index (χ1n) is 6.59. The van der Waals surface area contributed by atoms with Gasteiger partial charge in [0.25, 0.3) is 5.91 Å². The topological polar surface area (TPSA) is 77.5 Å².